The van der Waals surface area contributed by atoms with E-state index in [1.807, 2.05) is 0 Å². The molecule has 1 aromatic rings. The third-order valence-electron chi connectivity index (χ3n) is 4.29. The number of hydrogen-bond donors (Lipinski definition) is 1. The summed E-state index contributed by atoms with van der Waals surface area (Å²) in [4.78, 5) is 2.60. The van der Waals surface area contributed by atoms with Crippen LogP contribution in [0.1, 0.15) is 57.6 Å². The van der Waals surface area contributed by atoms with Gasteiger partial charge in [0.1, 0.15) is 0 Å². The topological polar surface area (TPSA) is 20.2 Å². The quantitative estimate of drug-likeness (QED) is 0.746. The van der Waals surface area contributed by atoms with Crippen molar-refractivity contribution in [3.63, 3.8) is 0 Å². The zero-order valence-electron chi connectivity index (χ0n) is 13.3. The van der Waals surface area contributed by atoms with Crippen LogP contribution in [-0.4, -0.2) is 35.6 Å². The van der Waals surface area contributed by atoms with E-state index in [4.69, 9.17) is 0 Å². The molecule has 0 spiro atoms. The lowest BCUT2D eigenvalue weighted by Gasteiger charge is -2.16. The smallest absolute Gasteiger partial charge is 0.0335 e. The molecule has 20 heavy (non-hydrogen) atoms. The molecule has 3 heteroatoms. The van der Waals surface area contributed by atoms with Crippen molar-refractivity contribution in [1.29, 1.82) is 0 Å². The summed E-state index contributed by atoms with van der Waals surface area (Å²) in [5.41, 5.74) is 1.45. The fraction of sp³-hybridized carbons (Fsp3) is 0.765. The molecule has 0 aromatic carbocycles. The van der Waals surface area contributed by atoms with E-state index in [1.165, 1.54) is 57.3 Å². The van der Waals surface area contributed by atoms with Crippen LogP contribution in [0.4, 0.5) is 0 Å². The van der Waals surface area contributed by atoms with Crippen LogP contribution in [0.5, 0.6) is 0 Å². The van der Waals surface area contributed by atoms with Gasteiger partial charge in [0.2, 0.25) is 0 Å². The van der Waals surface area contributed by atoms with Crippen molar-refractivity contribution in [2.24, 2.45) is 0 Å². The lowest BCUT2D eigenvalue weighted by molar-refractivity contribution is 0.325. The first-order valence-corrected chi connectivity index (χ1v) is 8.45. The Labute approximate surface area is 124 Å². The van der Waals surface area contributed by atoms with Gasteiger partial charge in [0, 0.05) is 25.0 Å². The highest BCUT2D eigenvalue weighted by Crippen LogP contribution is 2.19. The number of aromatic nitrogens is 1. The minimum absolute atomic E-state index is 0.532. The maximum atomic E-state index is 3.59. The van der Waals surface area contributed by atoms with Crippen LogP contribution < -0.4 is 5.32 Å². The van der Waals surface area contributed by atoms with Gasteiger partial charge in [0.25, 0.3) is 0 Å². The summed E-state index contributed by atoms with van der Waals surface area (Å²) in [6, 6.07) is 2.82. The van der Waals surface area contributed by atoms with E-state index in [9.17, 15) is 0 Å². The van der Waals surface area contributed by atoms with Gasteiger partial charge >= 0.3 is 0 Å². The predicted octanol–water partition coefficient (Wildman–Crippen LogP) is 3.42. The van der Waals surface area contributed by atoms with E-state index in [1.54, 1.807) is 0 Å². The molecule has 1 unspecified atom stereocenters. The number of nitrogens with zero attached hydrogens (tertiary/aromatic N) is 2. The van der Waals surface area contributed by atoms with Crippen molar-refractivity contribution in [1.82, 2.24) is 14.8 Å². The van der Waals surface area contributed by atoms with Crippen LogP contribution in [0.25, 0.3) is 0 Å². The summed E-state index contributed by atoms with van der Waals surface area (Å²) in [5.74, 6) is 0. The number of aryl methyl sites for hydroxylation is 1. The molecule has 2 heterocycles. The molecule has 1 fully saturated rings. The van der Waals surface area contributed by atoms with Gasteiger partial charge in [-0.2, -0.15) is 0 Å². The molecule has 1 atom stereocenters. The summed E-state index contributed by atoms with van der Waals surface area (Å²) in [6.07, 6.45) is 11.1. The first-order chi connectivity index (χ1) is 9.83. The Bertz CT molecular complexity index is 360. The number of likely N-dealkylation sites (tertiary alicyclic amines) is 1. The zero-order valence-corrected chi connectivity index (χ0v) is 13.3. The Hall–Kier alpha value is -0.800. The van der Waals surface area contributed by atoms with Crippen molar-refractivity contribution in [2.75, 3.05) is 26.2 Å². The van der Waals surface area contributed by atoms with E-state index in [2.05, 4.69) is 47.1 Å². The van der Waals surface area contributed by atoms with Crippen molar-refractivity contribution in [3.8, 4) is 0 Å². The standard InChI is InChI=1S/C17H31N3/c1-3-8-17(18-4-2)16-9-14-20(15-16)13-7-12-19-10-5-6-11-19/h9,14-15,17-18H,3-8,10-13H2,1-2H3. The zero-order chi connectivity index (χ0) is 14.2. The Morgan fingerprint density at radius 1 is 1.20 bits per heavy atom. The number of nitrogens with one attached hydrogen (secondary N) is 1. The lowest BCUT2D eigenvalue weighted by Crippen LogP contribution is -2.21. The average molecular weight is 277 g/mol. The first kappa shape index (κ1) is 15.6. The molecule has 1 N–H and O–H groups in total. The van der Waals surface area contributed by atoms with Crippen LogP contribution in [0.15, 0.2) is 18.5 Å². The third kappa shape index (κ3) is 4.64. The largest absolute Gasteiger partial charge is 0.354 e. The van der Waals surface area contributed by atoms with Gasteiger partial charge in [-0.1, -0.05) is 20.3 Å². The molecule has 2 rings (SSSR count). The molecule has 114 valence electrons. The summed E-state index contributed by atoms with van der Waals surface area (Å²) in [5, 5.41) is 3.59. The van der Waals surface area contributed by atoms with Gasteiger partial charge in [-0.15, -0.1) is 0 Å². The summed E-state index contributed by atoms with van der Waals surface area (Å²) < 4.78 is 2.37. The van der Waals surface area contributed by atoms with E-state index in [0.29, 0.717) is 6.04 Å². The highest BCUT2D eigenvalue weighted by Gasteiger charge is 2.12. The molecule has 1 aliphatic rings. The van der Waals surface area contributed by atoms with Gasteiger partial charge in [0.05, 0.1) is 0 Å². The summed E-state index contributed by atoms with van der Waals surface area (Å²) >= 11 is 0. The molecule has 3 nitrogen and oxygen atoms in total. The fourth-order valence-corrected chi connectivity index (χ4v) is 3.21. The SMILES string of the molecule is CCCC(NCC)c1ccn(CCCN2CCCC2)c1. The second-order valence-corrected chi connectivity index (χ2v) is 5.98. The maximum absolute atomic E-state index is 3.59. The van der Waals surface area contributed by atoms with Gasteiger partial charge in [-0.05, 0) is 63.5 Å². The highest BCUT2D eigenvalue weighted by atomic mass is 15.1. The van der Waals surface area contributed by atoms with E-state index in [0.717, 1.165) is 13.1 Å². The van der Waals surface area contributed by atoms with Crippen LogP contribution in [0, 0.1) is 0 Å². The second kappa shape index (κ2) is 8.48. The second-order valence-electron chi connectivity index (χ2n) is 5.98. The molecule has 0 bridgehead atoms. The van der Waals surface area contributed by atoms with Crippen LogP contribution >= 0.6 is 0 Å². The lowest BCUT2D eigenvalue weighted by atomic mass is 10.1. The Balaban J connectivity index is 1.77. The molecule has 0 amide bonds. The molecule has 1 saturated heterocycles. The Morgan fingerprint density at radius 3 is 2.70 bits per heavy atom. The molecule has 0 radical (unpaired) electrons. The molecule has 1 aromatic heterocycles. The van der Waals surface area contributed by atoms with Gasteiger partial charge in [-0.25, -0.2) is 0 Å². The minimum Gasteiger partial charge on any atom is -0.354 e. The molecule has 1 aliphatic heterocycles. The van der Waals surface area contributed by atoms with E-state index in [-0.39, 0.29) is 0 Å². The Morgan fingerprint density at radius 2 is 2.00 bits per heavy atom. The summed E-state index contributed by atoms with van der Waals surface area (Å²) in [7, 11) is 0. The molecule has 0 saturated carbocycles. The molecular formula is C17H31N3. The molecular weight excluding hydrogens is 246 g/mol. The average Bonchev–Trinajstić information content (AvgIpc) is 3.10. The highest BCUT2D eigenvalue weighted by molar-refractivity contribution is 5.15. The Kier molecular flexibility index (Phi) is 6.61. The van der Waals surface area contributed by atoms with Crippen LogP contribution in [-0.2, 0) is 6.54 Å². The van der Waals surface area contributed by atoms with Crippen molar-refractivity contribution >= 4 is 0 Å². The number of hydrogen-bond acceptors (Lipinski definition) is 2. The fourth-order valence-electron chi connectivity index (χ4n) is 3.21. The van der Waals surface area contributed by atoms with Crippen LogP contribution in [0.2, 0.25) is 0 Å². The maximum Gasteiger partial charge on any atom is 0.0335 e. The van der Waals surface area contributed by atoms with Crippen LogP contribution in [0.3, 0.4) is 0 Å². The van der Waals surface area contributed by atoms with Crippen molar-refractivity contribution in [3.05, 3.63) is 24.0 Å². The third-order valence-corrected chi connectivity index (χ3v) is 4.29. The summed E-state index contributed by atoms with van der Waals surface area (Å²) in [6.45, 7) is 10.5. The number of rotatable bonds is 9. The van der Waals surface area contributed by atoms with Gasteiger partial charge < -0.3 is 14.8 Å². The van der Waals surface area contributed by atoms with Gasteiger partial charge in [0.15, 0.2) is 0 Å². The normalized spacial score (nSPS) is 17.7. The first-order valence-electron chi connectivity index (χ1n) is 8.45. The predicted molar refractivity (Wildman–Crippen MR) is 86.0 cm³/mol. The van der Waals surface area contributed by atoms with E-state index >= 15 is 0 Å². The van der Waals surface area contributed by atoms with E-state index < -0.39 is 0 Å². The van der Waals surface area contributed by atoms with Crippen molar-refractivity contribution in [2.45, 2.75) is 58.5 Å². The monoisotopic (exact) mass is 277 g/mol. The van der Waals surface area contributed by atoms with Gasteiger partial charge in [-0.3, -0.25) is 0 Å². The minimum atomic E-state index is 0.532. The molecule has 0 aliphatic carbocycles. The van der Waals surface area contributed by atoms with Crippen molar-refractivity contribution < 1.29 is 0 Å².